The number of hydrogen-bond acceptors (Lipinski definition) is 2. The number of alkyl carbamates (subject to hydrolysis) is 1. The Labute approximate surface area is 102 Å². The highest BCUT2D eigenvalue weighted by Crippen LogP contribution is 2.21. The molecule has 1 aliphatic carbocycles. The molecule has 2 rings (SSSR count). The molecule has 92 valence electrons. The number of benzene rings is 1. The number of amides is 1. The van der Waals surface area contributed by atoms with Crippen LogP contribution in [0.5, 0.6) is 0 Å². The Balaban J connectivity index is 1.92. The van der Waals surface area contributed by atoms with Crippen molar-refractivity contribution in [1.29, 1.82) is 0 Å². The topological polar surface area (TPSA) is 38.3 Å². The molecule has 0 aliphatic heterocycles. The van der Waals surface area contributed by atoms with Gasteiger partial charge in [0.25, 0.3) is 0 Å². The molecule has 1 amide bonds. The van der Waals surface area contributed by atoms with E-state index in [1.54, 1.807) is 0 Å². The van der Waals surface area contributed by atoms with Crippen LogP contribution in [-0.2, 0) is 17.6 Å². The molecular formula is C14H19NO2. The summed E-state index contributed by atoms with van der Waals surface area (Å²) in [5.41, 5.74) is 2.75. The van der Waals surface area contributed by atoms with Gasteiger partial charge in [-0.1, -0.05) is 24.3 Å². The summed E-state index contributed by atoms with van der Waals surface area (Å²) in [7, 11) is 0. The van der Waals surface area contributed by atoms with Gasteiger partial charge in [-0.05, 0) is 44.2 Å². The molecule has 0 radical (unpaired) electrons. The van der Waals surface area contributed by atoms with Gasteiger partial charge in [0.2, 0.25) is 0 Å². The van der Waals surface area contributed by atoms with Crippen LogP contribution in [0.15, 0.2) is 24.3 Å². The summed E-state index contributed by atoms with van der Waals surface area (Å²) in [6, 6.07) is 8.62. The highest BCUT2D eigenvalue weighted by Gasteiger charge is 2.20. The maximum Gasteiger partial charge on any atom is 0.407 e. The monoisotopic (exact) mass is 233 g/mol. The van der Waals surface area contributed by atoms with Crippen molar-refractivity contribution < 1.29 is 9.53 Å². The van der Waals surface area contributed by atoms with Gasteiger partial charge in [0.15, 0.2) is 0 Å². The molecule has 0 saturated carbocycles. The summed E-state index contributed by atoms with van der Waals surface area (Å²) in [6.45, 7) is 3.71. The molecule has 1 aromatic carbocycles. The first-order valence-corrected chi connectivity index (χ1v) is 6.19. The van der Waals surface area contributed by atoms with Gasteiger partial charge >= 0.3 is 6.09 Å². The zero-order valence-electron chi connectivity index (χ0n) is 10.4. The van der Waals surface area contributed by atoms with Crippen molar-refractivity contribution >= 4 is 6.09 Å². The van der Waals surface area contributed by atoms with Gasteiger partial charge in [0.05, 0.1) is 6.10 Å². The number of carbonyl (C=O) groups excluding carboxylic acids is 1. The summed E-state index contributed by atoms with van der Waals surface area (Å²) in [5, 5.41) is 2.93. The zero-order chi connectivity index (χ0) is 12.3. The largest absolute Gasteiger partial charge is 0.447 e. The number of hydrogen-bond donors (Lipinski definition) is 1. The van der Waals surface area contributed by atoms with Gasteiger partial charge in [-0.3, -0.25) is 0 Å². The third-order valence-corrected chi connectivity index (χ3v) is 3.01. The highest BCUT2D eigenvalue weighted by molar-refractivity contribution is 5.67. The molecule has 1 aliphatic rings. The number of aryl methyl sites for hydroxylation is 1. The number of rotatable bonds is 2. The molecule has 0 saturated heterocycles. The SMILES string of the molecule is CC(C)OC(=O)NC1CCc2ccccc2C1. The van der Waals surface area contributed by atoms with Crippen LogP contribution in [0, 0.1) is 0 Å². The fourth-order valence-corrected chi connectivity index (χ4v) is 2.24. The maximum atomic E-state index is 11.5. The number of fused-ring (bicyclic) bond motifs is 1. The molecule has 3 nitrogen and oxygen atoms in total. The quantitative estimate of drug-likeness (QED) is 0.853. The van der Waals surface area contributed by atoms with E-state index in [-0.39, 0.29) is 18.2 Å². The Hall–Kier alpha value is -1.51. The van der Waals surface area contributed by atoms with Crippen molar-refractivity contribution in [2.45, 2.75) is 45.3 Å². The molecule has 1 unspecified atom stereocenters. The highest BCUT2D eigenvalue weighted by atomic mass is 16.6. The molecule has 17 heavy (non-hydrogen) atoms. The van der Waals surface area contributed by atoms with E-state index >= 15 is 0 Å². The van der Waals surface area contributed by atoms with Gasteiger partial charge in [-0.25, -0.2) is 4.79 Å². The minimum absolute atomic E-state index is 0.0640. The van der Waals surface area contributed by atoms with Crippen molar-refractivity contribution in [2.24, 2.45) is 0 Å². The minimum Gasteiger partial charge on any atom is -0.447 e. The average molecular weight is 233 g/mol. The van der Waals surface area contributed by atoms with E-state index in [4.69, 9.17) is 4.74 Å². The van der Waals surface area contributed by atoms with E-state index in [1.807, 2.05) is 19.9 Å². The fraction of sp³-hybridized carbons (Fsp3) is 0.500. The molecular weight excluding hydrogens is 214 g/mol. The van der Waals surface area contributed by atoms with Crippen molar-refractivity contribution in [2.75, 3.05) is 0 Å². The molecule has 1 aromatic rings. The van der Waals surface area contributed by atoms with Crippen molar-refractivity contribution in [3.05, 3.63) is 35.4 Å². The summed E-state index contributed by atoms with van der Waals surface area (Å²) in [6.07, 6.45) is 2.56. The molecule has 0 spiro atoms. The van der Waals surface area contributed by atoms with Crippen LogP contribution in [0.2, 0.25) is 0 Å². The Morgan fingerprint density at radius 3 is 2.76 bits per heavy atom. The van der Waals surface area contributed by atoms with Gasteiger partial charge in [0, 0.05) is 6.04 Å². The first-order chi connectivity index (χ1) is 8.15. The Morgan fingerprint density at radius 1 is 1.35 bits per heavy atom. The van der Waals surface area contributed by atoms with E-state index in [1.165, 1.54) is 11.1 Å². The lowest BCUT2D eigenvalue weighted by molar-refractivity contribution is 0.111. The molecule has 0 bridgehead atoms. The average Bonchev–Trinajstić information content (AvgIpc) is 2.27. The lowest BCUT2D eigenvalue weighted by Gasteiger charge is -2.25. The van der Waals surface area contributed by atoms with Gasteiger partial charge < -0.3 is 10.1 Å². The van der Waals surface area contributed by atoms with Crippen LogP contribution in [0.1, 0.15) is 31.4 Å². The van der Waals surface area contributed by atoms with E-state index in [0.717, 1.165) is 19.3 Å². The standard InChI is InChI=1S/C14H19NO2/c1-10(2)17-14(16)15-13-8-7-11-5-3-4-6-12(11)9-13/h3-6,10,13H,7-9H2,1-2H3,(H,15,16). The maximum absolute atomic E-state index is 11.5. The van der Waals surface area contributed by atoms with Crippen LogP contribution in [0.3, 0.4) is 0 Å². The predicted molar refractivity (Wildman–Crippen MR) is 67.0 cm³/mol. The fourth-order valence-electron chi connectivity index (χ4n) is 2.24. The lowest BCUT2D eigenvalue weighted by Crippen LogP contribution is -2.39. The third-order valence-electron chi connectivity index (χ3n) is 3.01. The van der Waals surface area contributed by atoms with Crippen LogP contribution in [0.4, 0.5) is 4.79 Å². The number of ether oxygens (including phenoxy) is 1. The second-order valence-corrected chi connectivity index (χ2v) is 4.81. The van der Waals surface area contributed by atoms with Crippen LogP contribution < -0.4 is 5.32 Å². The summed E-state index contributed by atoms with van der Waals surface area (Å²) < 4.78 is 5.09. The number of nitrogens with one attached hydrogen (secondary N) is 1. The predicted octanol–water partition coefficient (Wildman–Crippen LogP) is 2.68. The lowest BCUT2D eigenvalue weighted by atomic mass is 9.88. The Bertz CT molecular complexity index is 401. The van der Waals surface area contributed by atoms with E-state index < -0.39 is 0 Å². The second-order valence-electron chi connectivity index (χ2n) is 4.81. The van der Waals surface area contributed by atoms with Crippen molar-refractivity contribution in [1.82, 2.24) is 5.32 Å². The van der Waals surface area contributed by atoms with Crippen molar-refractivity contribution in [3.8, 4) is 0 Å². The Kier molecular flexibility index (Phi) is 3.67. The number of carbonyl (C=O) groups is 1. The summed E-state index contributed by atoms with van der Waals surface area (Å²) >= 11 is 0. The molecule has 0 heterocycles. The van der Waals surface area contributed by atoms with E-state index in [2.05, 4.69) is 23.5 Å². The third kappa shape index (κ3) is 3.22. The first kappa shape index (κ1) is 12.0. The van der Waals surface area contributed by atoms with Gasteiger partial charge in [-0.2, -0.15) is 0 Å². The second kappa shape index (κ2) is 5.21. The molecule has 0 fully saturated rings. The van der Waals surface area contributed by atoms with Crippen LogP contribution >= 0.6 is 0 Å². The van der Waals surface area contributed by atoms with Crippen LogP contribution in [-0.4, -0.2) is 18.2 Å². The molecule has 0 aromatic heterocycles. The van der Waals surface area contributed by atoms with Crippen molar-refractivity contribution in [3.63, 3.8) is 0 Å². The first-order valence-electron chi connectivity index (χ1n) is 6.19. The van der Waals surface area contributed by atoms with Crippen LogP contribution in [0.25, 0.3) is 0 Å². The molecule has 1 N–H and O–H groups in total. The smallest absolute Gasteiger partial charge is 0.407 e. The summed E-state index contributed by atoms with van der Waals surface area (Å²) in [5.74, 6) is 0. The zero-order valence-corrected chi connectivity index (χ0v) is 10.4. The van der Waals surface area contributed by atoms with Gasteiger partial charge in [0.1, 0.15) is 0 Å². The normalized spacial score (nSPS) is 18.6. The minimum atomic E-state index is -0.301. The van der Waals surface area contributed by atoms with Gasteiger partial charge in [-0.15, -0.1) is 0 Å². The molecule has 1 atom stereocenters. The van der Waals surface area contributed by atoms with E-state index in [9.17, 15) is 4.79 Å². The Morgan fingerprint density at radius 2 is 2.06 bits per heavy atom. The molecule has 3 heteroatoms. The van der Waals surface area contributed by atoms with E-state index in [0.29, 0.717) is 0 Å². The summed E-state index contributed by atoms with van der Waals surface area (Å²) in [4.78, 5) is 11.5.